The predicted octanol–water partition coefficient (Wildman–Crippen LogP) is 2.17. The van der Waals surface area contributed by atoms with Crippen molar-refractivity contribution in [2.75, 3.05) is 26.3 Å². The standard InChI is InChI=1S/C11H11Cl2NO3/c12-9-7(1-2-8(15)10(9)13)11(16)14-3-5-17-6-4-14/h1-2,15H,3-6H2. The topological polar surface area (TPSA) is 49.8 Å². The van der Waals surface area contributed by atoms with Crippen LogP contribution in [0.4, 0.5) is 0 Å². The van der Waals surface area contributed by atoms with Gasteiger partial charge < -0.3 is 14.7 Å². The van der Waals surface area contributed by atoms with Crippen LogP contribution in [-0.4, -0.2) is 42.2 Å². The lowest BCUT2D eigenvalue weighted by molar-refractivity contribution is 0.0303. The Balaban J connectivity index is 2.27. The molecule has 0 atom stereocenters. The summed E-state index contributed by atoms with van der Waals surface area (Å²) in [4.78, 5) is 13.8. The van der Waals surface area contributed by atoms with Crippen molar-refractivity contribution < 1.29 is 14.6 Å². The van der Waals surface area contributed by atoms with E-state index in [-0.39, 0.29) is 21.7 Å². The van der Waals surface area contributed by atoms with Crippen molar-refractivity contribution >= 4 is 29.1 Å². The van der Waals surface area contributed by atoms with E-state index in [0.717, 1.165) is 0 Å². The van der Waals surface area contributed by atoms with E-state index in [4.69, 9.17) is 27.9 Å². The largest absolute Gasteiger partial charge is 0.506 e. The third-order valence-corrected chi connectivity index (χ3v) is 3.46. The molecule has 6 heteroatoms. The molecular formula is C11H11Cl2NO3. The van der Waals surface area contributed by atoms with Crippen LogP contribution >= 0.6 is 23.2 Å². The zero-order chi connectivity index (χ0) is 12.4. The summed E-state index contributed by atoms with van der Waals surface area (Å²) >= 11 is 11.7. The van der Waals surface area contributed by atoms with Crippen molar-refractivity contribution in [3.8, 4) is 5.75 Å². The fourth-order valence-electron chi connectivity index (χ4n) is 1.64. The number of carbonyl (C=O) groups excluding carboxylic acids is 1. The smallest absolute Gasteiger partial charge is 0.255 e. The van der Waals surface area contributed by atoms with Gasteiger partial charge in [0.1, 0.15) is 10.8 Å². The number of rotatable bonds is 1. The minimum absolute atomic E-state index is 0.00535. The van der Waals surface area contributed by atoms with Gasteiger partial charge in [0.05, 0.1) is 23.8 Å². The summed E-state index contributed by atoms with van der Waals surface area (Å²) in [6.45, 7) is 2.12. The number of benzene rings is 1. The lowest BCUT2D eigenvalue weighted by atomic mass is 10.2. The number of phenols is 1. The van der Waals surface area contributed by atoms with Crippen LogP contribution in [0, 0.1) is 0 Å². The van der Waals surface area contributed by atoms with Crippen LogP contribution in [0.1, 0.15) is 10.4 Å². The Morgan fingerprint density at radius 1 is 1.24 bits per heavy atom. The summed E-state index contributed by atoms with van der Waals surface area (Å²) in [6, 6.07) is 2.84. The molecule has 1 amide bonds. The molecule has 0 aliphatic carbocycles. The van der Waals surface area contributed by atoms with E-state index >= 15 is 0 Å². The van der Waals surface area contributed by atoms with Gasteiger partial charge in [-0.3, -0.25) is 4.79 Å². The quantitative estimate of drug-likeness (QED) is 0.855. The van der Waals surface area contributed by atoms with Gasteiger partial charge in [0, 0.05) is 13.1 Å². The minimum atomic E-state index is -0.194. The summed E-state index contributed by atoms with van der Waals surface area (Å²) in [6.07, 6.45) is 0. The van der Waals surface area contributed by atoms with Gasteiger partial charge in [-0.15, -0.1) is 0 Å². The van der Waals surface area contributed by atoms with E-state index in [0.29, 0.717) is 31.9 Å². The molecule has 1 aromatic rings. The second-order valence-electron chi connectivity index (χ2n) is 3.66. The summed E-state index contributed by atoms with van der Waals surface area (Å²) in [5.74, 6) is -0.324. The van der Waals surface area contributed by atoms with Crippen LogP contribution in [0.3, 0.4) is 0 Å². The molecule has 0 saturated carbocycles. The summed E-state index contributed by atoms with van der Waals surface area (Å²) in [5, 5.41) is 9.45. The number of phenolic OH excluding ortho intramolecular Hbond substituents is 1. The van der Waals surface area contributed by atoms with E-state index in [1.165, 1.54) is 12.1 Å². The molecule has 1 aliphatic rings. The second kappa shape index (κ2) is 5.12. The Kier molecular flexibility index (Phi) is 3.76. The summed E-state index contributed by atoms with van der Waals surface area (Å²) in [7, 11) is 0. The van der Waals surface area contributed by atoms with Gasteiger partial charge in [0.2, 0.25) is 0 Å². The number of morpholine rings is 1. The molecule has 17 heavy (non-hydrogen) atoms. The van der Waals surface area contributed by atoms with E-state index < -0.39 is 0 Å². The maximum absolute atomic E-state index is 12.1. The number of halogens is 2. The fraction of sp³-hybridized carbons (Fsp3) is 0.364. The zero-order valence-electron chi connectivity index (χ0n) is 8.95. The first-order chi connectivity index (χ1) is 8.11. The Bertz CT molecular complexity index is 445. The SMILES string of the molecule is O=C(c1ccc(O)c(Cl)c1Cl)N1CCOCC1. The minimum Gasteiger partial charge on any atom is -0.506 e. The third kappa shape index (κ3) is 2.49. The molecule has 1 heterocycles. The summed E-state index contributed by atoms with van der Waals surface area (Å²) in [5.41, 5.74) is 0.302. The van der Waals surface area contributed by atoms with Crippen LogP contribution < -0.4 is 0 Å². The van der Waals surface area contributed by atoms with Crippen LogP contribution in [0.5, 0.6) is 5.75 Å². The van der Waals surface area contributed by atoms with E-state index in [1.807, 2.05) is 0 Å². The van der Waals surface area contributed by atoms with Gasteiger partial charge in [-0.25, -0.2) is 0 Å². The molecule has 1 aliphatic heterocycles. The van der Waals surface area contributed by atoms with E-state index in [1.54, 1.807) is 4.90 Å². The van der Waals surface area contributed by atoms with Crippen molar-refractivity contribution in [3.05, 3.63) is 27.7 Å². The lowest BCUT2D eigenvalue weighted by Crippen LogP contribution is -2.40. The maximum Gasteiger partial charge on any atom is 0.255 e. The van der Waals surface area contributed by atoms with E-state index in [2.05, 4.69) is 0 Å². The fourth-order valence-corrected chi connectivity index (χ4v) is 2.05. The van der Waals surface area contributed by atoms with Crippen molar-refractivity contribution in [2.24, 2.45) is 0 Å². The molecule has 0 unspecified atom stereocenters. The number of ether oxygens (including phenoxy) is 1. The van der Waals surface area contributed by atoms with Crippen molar-refractivity contribution in [1.82, 2.24) is 4.90 Å². The number of hydrogen-bond acceptors (Lipinski definition) is 3. The van der Waals surface area contributed by atoms with Crippen LogP contribution in [-0.2, 0) is 4.74 Å². The Labute approximate surface area is 109 Å². The monoisotopic (exact) mass is 275 g/mol. The van der Waals surface area contributed by atoms with Gasteiger partial charge in [0.15, 0.2) is 0 Å². The molecule has 4 nitrogen and oxygen atoms in total. The molecule has 0 radical (unpaired) electrons. The molecule has 1 fully saturated rings. The second-order valence-corrected chi connectivity index (χ2v) is 4.42. The number of nitrogens with zero attached hydrogens (tertiary/aromatic N) is 1. The predicted molar refractivity (Wildman–Crippen MR) is 64.8 cm³/mol. The van der Waals surface area contributed by atoms with Gasteiger partial charge in [-0.2, -0.15) is 0 Å². The molecule has 0 bridgehead atoms. The molecule has 1 aromatic carbocycles. The first-order valence-electron chi connectivity index (χ1n) is 5.15. The molecule has 2 rings (SSSR count). The highest BCUT2D eigenvalue weighted by Crippen LogP contribution is 2.34. The number of aromatic hydroxyl groups is 1. The maximum atomic E-state index is 12.1. The van der Waals surface area contributed by atoms with Gasteiger partial charge in [-0.1, -0.05) is 23.2 Å². The average molecular weight is 276 g/mol. The number of hydrogen-bond donors (Lipinski definition) is 1. The summed E-state index contributed by atoms with van der Waals surface area (Å²) < 4.78 is 5.17. The Morgan fingerprint density at radius 2 is 1.88 bits per heavy atom. The highest BCUT2D eigenvalue weighted by Gasteiger charge is 2.22. The highest BCUT2D eigenvalue weighted by molar-refractivity contribution is 6.44. The number of carbonyl (C=O) groups is 1. The first-order valence-corrected chi connectivity index (χ1v) is 5.91. The molecule has 92 valence electrons. The van der Waals surface area contributed by atoms with Crippen LogP contribution in [0.2, 0.25) is 10.0 Å². The molecule has 0 aromatic heterocycles. The van der Waals surface area contributed by atoms with Crippen molar-refractivity contribution in [1.29, 1.82) is 0 Å². The average Bonchev–Trinajstić information content (AvgIpc) is 2.36. The Morgan fingerprint density at radius 3 is 2.53 bits per heavy atom. The first kappa shape index (κ1) is 12.5. The van der Waals surface area contributed by atoms with Gasteiger partial charge >= 0.3 is 0 Å². The van der Waals surface area contributed by atoms with Crippen LogP contribution in [0.25, 0.3) is 0 Å². The zero-order valence-corrected chi connectivity index (χ0v) is 10.5. The lowest BCUT2D eigenvalue weighted by Gasteiger charge is -2.27. The van der Waals surface area contributed by atoms with Gasteiger partial charge in [0.25, 0.3) is 5.91 Å². The van der Waals surface area contributed by atoms with Crippen molar-refractivity contribution in [2.45, 2.75) is 0 Å². The molecule has 1 N–H and O–H groups in total. The van der Waals surface area contributed by atoms with Crippen LogP contribution in [0.15, 0.2) is 12.1 Å². The molecule has 1 saturated heterocycles. The van der Waals surface area contributed by atoms with Crippen molar-refractivity contribution in [3.63, 3.8) is 0 Å². The molecular weight excluding hydrogens is 265 g/mol. The molecule has 0 spiro atoms. The van der Waals surface area contributed by atoms with E-state index in [9.17, 15) is 9.90 Å². The highest BCUT2D eigenvalue weighted by atomic mass is 35.5. The third-order valence-electron chi connectivity index (χ3n) is 2.59. The number of amides is 1. The van der Waals surface area contributed by atoms with Gasteiger partial charge in [-0.05, 0) is 12.1 Å². The Hall–Kier alpha value is -0.970. The normalized spacial score (nSPS) is 16.0.